The Morgan fingerprint density at radius 1 is 1.05 bits per heavy atom. The third kappa shape index (κ3) is 3.50. The maximum atomic E-state index is 4.02. The minimum Gasteiger partial charge on any atom is -0.265 e. The lowest BCUT2D eigenvalue weighted by molar-refractivity contribution is 0.935. The van der Waals surface area contributed by atoms with Crippen LogP contribution in [0.3, 0.4) is 0 Å². The van der Waals surface area contributed by atoms with E-state index in [0.29, 0.717) is 0 Å². The SMILES string of the molecule is C1=C(c2ccc(SNCc3ccncc3)cc2)CCC1. The Labute approximate surface area is 124 Å². The summed E-state index contributed by atoms with van der Waals surface area (Å²) in [5.41, 5.74) is 4.13. The highest BCUT2D eigenvalue weighted by Crippen LogP contribution is 2.28. The highest BCUT2D eigenvalue weighted by Gasteiger charge is 2.06. The van der Waals surface area contributed by atoms with Crippen LogP contribution in [0.2, 0.25) is 0 Å². The predicted molar refractivity (Wildman–Crippen MR) is 85.2 cm³/mol. The summed E-state index contributed by atoms with van der Waals surface area (Å²) < 4.78 is 3.38. The van der Waals surface area contributed by atoms with E-state index >= 15 is 0 Å². The van der Waals surface area contributed by atoms with Crippen LogP contribution in [0.15, 0.2) is 59.8 Å². The Hall–Kier alpha value is -1.58. The molecule has 102 valence electrons. The zero-order valence-electron chi connectivity index (χ0n) is 11.4. The molecule has 1 N–H and O–H groups in total. The molecule has 0 bridgehead atoms. The van der Waals surface area contributed by atoms with Crippen molar-refractivity contribution >= 4 is 17.5 Å². The summed E-state index contributed by atoms with van der Waals surface area (Å²) in [7, 11) is 0. The van der Waals surface area contributed by atoms with E-state index in [1.54, 1.807) is 11.9 Å². The van der Waals surface area contributed by atoms with Gasteiger partial charge in [-0.05, 0) is 72.2 Å². The van der Waals surface area contributed by atoms with E-state index in [1.165, 1.54) is 40.9 Å². The van der Waals surface area contributed by atoms with Crippen molar-refractivity contribution in [1.82, 2.24) is 9.71 Å². The van der Waals surface area contributed by atoms with Gasteiger partial charge in [-0.3, -0.25) is 9.71 Å². The van der Waals surface area contributed by atoms with E-state index in [4.69, 9.17) is 0 Å². The fourth-order valence-electron chi connectivity index (χ4n) is 2.37. The molecule has 0 fully saturated rings. The van der Waals surface area contributed by atoms with E-state index in [-0.39, 0.29) is 0 Å². The van der Waals surface area contributed by atoms with Crippen molar-refractivity contribution in [3.05, 3.63) is 66.0 Å². The van der Waals surface area contributed by atoms with Crippen LogP contribution in [0.1, 0.15) is 30.4 Å². The molecule has 0 aliphatic heterocycles. The van der Waals surface area contributed by atoms with E-state index in [2.05, 4.69) is 40.0 Å². The number of pyridine rings is 1. The molecule has 1 aromatic heterocycles. The monoisotopic (exact) mass is 282 g/mol. The van der Waals surface area contributed by atoms with E-state index in [0.717, 1.165) is 6.54 Å². The van der Waals surface area contributed by atoms with E-state index in [9.17, 15) is 0 Å². The van der Waals surface area contributed by atoms with Gasteiger partial charge in [-0.1, -0.05) is 18.2 Å². The van der Waals surface area contributed by atoms with Crippen LogP contribution in [0.5, 0.6) is 0 Å². The molecule has 3 rings (SSSR count). The van der Waals surface area contributed by atoms with Gasteiger partial charge >= 0.3 is 0 Å². The topological polar surface area (TPSA) is 24.9 Å². The summed E-state index contributed by atoms with van der Waals surface area (Å²) in [6.45, 7) is 0.847. The third-order valence-electron chi connectivity index (χ3n) is 3.48. The average molecular weight is 282 g/mol. The first-order valence-corrected chi connectivity index (χ1v) is 7.81. The van der Waals surface area contributed by atoms with Gasteiger partial charge in [0.2, 0.25) is 0 Å². The molecule has 1 aliphatic carbocycles. The Morgan fingerprint density at radius 2 is 1.85 bits per heavy atom. The van der Waals surface area contributed by atoms with Crippen molar-refractivity contribution in [2.75, 3.05) is 0 Å². The second-order valence-corrected chi connectivity index (χ2v) is 5.89. The number of aromatic nitrogens is 1. The number of hydrogen-bond acceptors (Lipinski definition) is 3. The second-order valence-electron chi connectivity index (χ2n) is 4.92. The molecule has 0 spiro atoms. The lowest BCUT2D eigenvalue weighted by atomic mass is 10.1. The third-order valence-corrected chi connectivity index (χ3v) is 4.28. The summed E-state index contributed by atoms with van der Waals surface area (Å²) in [6, 6.07) is 12.9. The van der Waals surface area contributed by atoms with E-state index < -0.39 is 0 Å². The minimum absolute atomic E-state index is 0.847. The highest BCUT2D eigenvalue weighted by molar-refractivity contribution is 7.97. The molecule has 0 saturated heterocycles. The highest BCUT2D eigenvalue weighted by atomic mass is 32.2. The first-order valence-electron chi connectivity index (χ1n) is 7.00. The van der Waals surface area contributed by atoms with Crippen LogP contribution in [0, 0.1) is 0 Å². The number of allylic oxidation sites excluding steroid dienone is 2. The Bertz CT molecular complexity index is 576. The smallest absolute Gasteiger partial charge is 0.0314 e. The number of nitrogens with zero attached hydrogens (tertiary/aromatic N) is 1. The number of rotatable bonds is 5. The van der Waals surface area contributed by atoms with Gasteiger partial charge in [-0.15, -0.1) is 0 Å². The molecule has 3 heteroatoms. The van der Waals surface area contributed by atoms with Crippen LogP contribution in [-0.2, 0) is 6.54 Å². The minimum atomic E-state index is 0.847. The summed E-state index contributed by atoms with van der Waals surface area (Å²) in [5.74, 6) is 0. The largest absolute Gasteiger partial charge is 0.265 e. The molecule has 0 saturated carbocycles. The molecule has 0 unspecified atom stereocenters. The first-order chi connectivity index (χ1) is 9.92. The predicted octanol–water partition coefficient (Wildman–Crippen LogP) is 4.45. The molecule has 0 amide bonds. The van der Waals surface area contributed by atoms with Gasteiger partial charge in [0.05, 0.1) is 0 Å². The van der Waals surface area contributed by atoms with Crippen LogP contribution in [-0.4, -0.2) is 4.98 Å². The molecular formula is C17H18N2S. The van der Waals surface area contributed by atoms with Gasteiger partial charge < -0.3 is 0 Å². The zero-order valence-corrected chi connectivity index (χ0v) is 12.2. The van der Waals surface area contributed by atoms with Gasteiger partial charge in [-0.25, -0.2) is 0 Å². The van der Waals surface area contributed by atoms with Crippen LogP contribution < -0.4 is 4.72 Å². The van der Waals surface area contributed by atoms with Crippen molar-refractivity contribution in [3.8, 4) is 0 Å². The zero-order chi connectivity index (χ0) is 13.6. The van der Waals surface area contributed by atoms with Crippen LogP contribution in [0.25, 0.3) is 5.57 Å². The molecule has 0 atom stereocenters. The average Bonchev–Trinajstić information content (AvgIpc) is 3.03. The standard InChI is InChI=1S/C17H18N2S/c1-2-4-15(3-1)16-5-7-17(8-6-16)20-19-13-14-9-11-18-12-10-14/h3,5-12,19H,1-2,4,13H2. The van der Waals surface area contributed by atoms with Gasteiger partial charge in [0.1, 0.15) is 0 Å². The number of hydrogen-bond donors (Lipinski definition) is 1. The Kier molecular flexibility index (Phi) is 4.51. The molecule has 1 aliphatic rings. The van der Waals surface area contributed by atoms with Crippen LogP contribution in [0.4, 0.5) is 0 Å². The second kappa shape index (κ2) is 6.73. The molecule has 0 radical (unpaired) electrons. The molecule has 1 aromatic carbocycles. The summed E-state index contributed by atoms with van der Waals surface area (Å²) >= 11 is 1.68. The Balaban J connectivity index is 1.53. The van der Waals surface area contributed by atoms with E-state index in [1.807, 2.05) is 24.5 Å². The normalized spacial score (nSPS) is 14.3. The maximum Gasteiger partial charge on any atom is 0.0314 e. The lowest BCUT2D eigenvalue weighted by Gasteiger charge is -2.06. The quantitative estimate of drug-likeness (QED) is 0.820. The first kappa shape index (κ1) is 13.4. The molecular weight excluding hydrogens is 264 g/mol. The molecule has 2 aromatic rings. The summed E-state index contributed by atoms with van der Waals surface area (Å²) in [4.78, 5) is 5.27. The molecule has 20 heavy (non-hydrogen) atoms. The van der Waals surface area contributed by atoms with Gasteiger partial charge in [-0.2, -0.15) is 0 Å². The number of benzene rings is 1. The van der Waals surface area contributed by atoms with Crippen molar-refractivity contribution in [3.63, 3.8) is 0 Å². The molecule has 2 nitrogen and oxygen atoms in total. The van der Waals surface area contributed by atoms with Crippen molar-refractivity contribution in [2.45, 2.75) is 30.7 Å². The fraction of sp³-hybridized carbons (Fsp3) is 0.235. The van der Waals surface area contributed by atoms with Crippen molar-refractivity contribution < 1.29 is 0 Å². The maximum absolute atomic E-state index is 4.02. The summed E-state index contributed by atoms with van der Waals surface area (Å²) in [6.07, 6.45) is 9.78. The fourth-order valence-corrected chi connectivity index (χ4v) is 3.05. The lowest BCUT2D eigenvalue weighted by Crippen LogP contribution is -2.02. The number of nitrogens with one attached hydrogen (secondary N) is 1. The van der Waals surface area contributed by atoms with Crippen molar-refractivity contribution in [2.24, 2.45) is 0 Å². The summed E-state index contributed by atoms with van der Waals surface area (Å²) in [5, 5.41) is 0. The van der Waals surface area contributed by atoms with Gasteiger partial charge in [0.15, 0.2) is 0 Å². The van der Waals surface area contributed by atoms with Crippen LogP contribution >= 0.6 is 11.9 Å². The molecule has 1 heterocycles. The Morgan fingerprint density at radius 3 is 2.55 bits per heavy atom. The van der Waals surface area contributed by atoms with Gasteiger partial charge in [0.25, 0.3) is 0 Å². The van der Waals surface area contributed by atoms with Crippen molar-refractivity contribution in [1.29, 1.82) is 0 Å². The van der Waals surface area contributed by atoms with Gasteiger partial charge in [0, 0.05) is 23.8 Å².